The molecule has 0 bridgehead atoms. The Morgan fingerprint density at radius 1 is 1.21 bits per heavy atom. The molecule has 2 N–H and O–H groups in total. The molecule has 3 rings (SSSR count). The summed E-state index contributed by atoms with van der Waals surface area (Å²) >= 11 is 0. The molecule has 0 aliphatic rings. The van der Waals surface area contributed by atoms with Gasteiger partial charge in [-0.25, -0.2) is 4.98 Å². The summed E-state index contributed by atoms with van der Waals surface area (Å²) in [5.74, 6) is 0.271. The molecule has 0 spiro atoms. The molecule has 2 aromatic heterocycles. The van der Waals surface area contributed by atoms with E-state index in [2.05, 4.69) is 17.1 Å². The summed E-state index contributed by atoms with van der Waals surface area (Å²) in [7, 11) is 1.99. The van der Waals surface area contributed by atoms with Gasteiger partial charge in [0.05, 0.1) is 0 Å². The van der Waals surface area contributed by atoms with Crippen molar-refractivity contribution in [1.82, 2.24) is 9.55 Å². The van der Waals surface area contributed by atoms with E-state index in [1.54, 1.807) is 6.20 Å². The molecule has 92 valence electrons. The van der Waals surface area contributed by atoms with Crippen molar-refractivity contribution in [3.05, 3.63) is 48.3 Å². The van der Waals surface area contributed by atoms with Crippen LogP contribution < -0.4 is 5.73 Å². The lowest BCUT2D eigenvalue weighted by atomic mass is 10.0. The number of para-hydroxylation sites is 1. The summed E-state index contributed by atoms with van der Waals surface area (Å²) in [4.78, 5) is 3.97. The van der Waals surface area contributed by atoms with Crippen molar-refractivity contribution in [1.29, 1.82) is 5.26 Å². The highest BCUT2D eigenvalue weighted by Crippen LogP contribution is 2.33. The van der Waals surface area contributed by atoms with Crippen molar-refractivity contribution < 1.29 is 0 Å². The minimum atomic E-state index is 0.271. The maximum atomic E-state index is 9.26. The van der Waals surface area contributed by atoms with E-state index in [1.165, 1.54) is 0 Å². The largest absolute Gasteiger partial charge is 0.383 e. The highest BCUT2D eigenvalue weighted by atomic mass is 14.9. The molecule has 0 aliphatic carbocycles. The maximum Gasteiger partial charge on any atom is 0.141 e. The first-order valence-corrected chi connectivity index (χ1v) is 5.91. The lowest BCUT2D eigenvalue weighted by Crippen LogP contribution is -1.96. The van der Waals surface area contributed by atoms with Crippen molar-refractivity contribution in [2.24, 2.45) is 7.05 Å². The van der Waals surface area contributed by atoms with E-state index in [0.717, 1.165) is 22.0 Å². The SMILES string of the molecule is Cn1cc(-c2ccnc(N)c2C#N)c2ccccc21. The van der Waals surface area contributed by atoms with Crippen molar-refractivity contribution in [2.45, 2.75) is 0 Å². The number of rotatable bonds is 1. The number of fused-ring (bicyclic) bond motifs is 1. The fourth-order valence-electron chi connectivity index (χ4n) is 2.38. The van der Waals surface area contributed by atoms with Crippen LogP contribution in [0.25, 0.3) is 22.0 Å². The van der Waals surface area contributed by atoms with E-state index in [4.69, 9.17) is 5.73 Å². The fourth-order valence-corrected chi connectivity index (χ4v) is 2.38. The number of hydrogen-bond acceptors (Lipinski definition) is 3. The highest BCUT2D eigenvalue weighted by Gasteiger charge is 2.13. The van der Waals surface area contributed by atoms with E-state index in [0.29, 0.717) is 5.56 Å². The molecule has 0 fully saturated rings. The third kappa shape index (κ3) is 1.64. The van der Waals surface area contributed by atoms with Crippen LogP contribution >= 0.6 is 0 Å². The Hall–Kier alpha value is -2.80. The Morgan fingerprint density at radius 3 is 2.79 bits per heavy atom. The molecular weight excluding hydrogens is 236 g/mol. The van der Waals surface area contributed by atoms with Gasteiger partial charge < -0.3 is 10.3 Å². The molecule has 2 heterocycles. The first kappa shape index (κ1) is 11.3. The zero-order chi connectivity index (χ0) is 13.4. The van der Waals surface area contributed by atoms with Gasteiger partial charge in [0.25, 0.3) is 0 Å². The zero-order valence-electron chi connectivity index (χ0n) is 10.5. The summed E-state index contributed by atoms with van der Waals surface area (Å²) < 4.78 is 2.04. The van der Waals surface area contributed by atoms with Crippen LogP contribution in [0.3, 0.4) is 0 Å². The normalized spacial score (nSPS) is 10.5. The third-order valence-corrected chi connectivity index (χ3v) is 3.28. The quantitative estimate of drug-likeness (QED) is 0.720. The second-order valence-corrected chi connectivity index (χ2v) is 4.40. The van der Waals surface area contributed by atoms with E-state index >= 15 is 0 Å². The van der Waals surface area contributed by atoms with Gasteiger partial charge in [-0.1, -0.05) is 18.2 Å². The second kappa shape index (κ2) is 4.14. The summed E-state index contributed by atoms with van der Waals surface area (Å²) in [5, 5.41) is 10.4. The van der Waals surface area contributed by atoms with E-state index in [1.807, 2.05) is 42.1 Å². The first-order valence-electron chi connectivity index (χ1n) is 5.91. The van der Waals surface area contributed by atoms with Crippen LogP contribution in [0.1, 0.15) is 5.56 Å². The molecular formula is C15H12N4. The van der Waals surface area contributed by atoms with Crippen LogP contribution in [0.2, 0.25) is 0 Å². The van der Waals surface area contributed by atoms with Gasteiger partial charge in [0.1, 0.15) is 17.5 Å². The number of hydrogen-bond donors (Lipinski definition) is 1. The van der Waals surface area contributed by atoms with Gasteiger partial charge in [0, 0.05) is 41.5 Å². The molecule has 0 radical (unpaired) electrons. The third-order valence-electron chi connectivity index (χ3n) is 3.28. The number of pyridine rings is 1. The Bertz CT molecular complexity index is 809. The average Bonchev–Trinajstić information content (AvgIpc) is 2.76. The Labute approximate surface area is 110 Å². The van der Waals surface area contributed by atoms with Crippen molar-refractivity contribution in [3.63, 3.8) is 0 Å². The monoisotopic (exact) mass is 248 g/mol. The van der Waals surface area contributed by atoms with Crippen LogP contribution in [0.15, 0.2) is 42.7 Å². The minimum absolute atomic E-state index is 0.271. The molecule has 0 aliphatic heterocycles. The Kier molecular flexibility index (Phi) is 2.46. The van der Waals surface area contributed by atoms with Crippen molar-refractivity contribution in [3.8, 4) is 17.2 Å². The first-order chi connectivity index (χ1) is 9.22. The van der Waals surface area contributed by atoms with E-state index in [-0.39, 0.29) is 5.82 Å². The lowest BCUT2D eigenvalue weighted by molar-refractivity contribution is 0.970. The highest BCUT2D eigenvalue weighted by molar-refractivity contribution is 5.97. The van der Waals surface area contributed by atoms with Crippen LogP contribution in [-0.2, 0) is 7.05 Å². The topological polar surface area (TPSA) is 67.6 Å². The number of aryl methyl sites for hydroxylation is 1. The smallest absolute Gasteiger partial charge is 0.141 e. The van der Waals surface area contributed by atoms with E-state index < -0.39 is 0 Å². The maximum absolute atomic E-state index is 9.26. The van der Waals surface area contributed by atoms with Gasteiger partial charge in [-0.15, -0.1) is 0 Å². The van der Waals surface area contributed by atoms with Crippen LogP contribution in [0, 0.1) is 11.3 Å². The molecule has 19 heavy (non-hydrogen) atoms. The number of anilines is 1. The predicted octanol–water partition coefficient (Wildman–Crippen LogP) is 2.69. The summed E-state index contributed by atoms with van der Waals surface area (Å²) in [6.45, 7) is 0. The molecule has 4 heteroatoms. The zero-order valence-corrected chi connectivity index (χ0v) is 10.5. The minimum Gasteiger partial charge on any atom is -0.383 e. The molecule has 0 saturated carbocycles. The number of nitrogens with two attached hydrogens (primary N) is 1. The summed E-state index contributed by atoms with van der Waals surface area (Å²) in [6, 6.07) is 12.1. The van der Waals surface area contributed by atoms with Gasteiger partial charge in [0.2, 0.25) is 0 Å². The van der Waals surface area contributed by atoms with Gasteiger partial charge in [-0.2, -0.15) is 5.26 Å². The molecule has 4 nitrogen and oxygen atoms in total. The standard InChI is InChI=1S/C15H12N4/c1-19-9-13(11-4-2-3-5-14(11)19)10-6-7-18-15(17)12(10)8-16/h2-7,9H,1H3,(H2,17,18). The number of nitrogens with zero attached hydrogens (tertiary/aromatic N) is 3. The van der Waals surface area contributed by atoms with Gasteiger partial charge in [-0.3, -0.25) is 0 Å². The second-order valence-electron chi connectivity index (χ2n) is 4.40. The summed E-state index contributed by atoms with van der Waals surface area (Å²) in [5.41, 5.74) is 9.16. The van der Waals surface area contributed by atoms with E-state index in [9.17, 15) is 5.26 Å². The molecule has 0 atom stereocenters. The van der Waals surface area contributed by atoms with Crippen LogP contribution in [0.4, 0.5) is 5.82 Å². The predicted molar refractivity (Wildman–Crippen MR) is 75.3 cm³/mol. The molecule has 3 aromatic rings. The molecule has 1 aromatic carbocycles. The fraction of sp³-hybridized carbons (Fsp3) is 0.0667. The number of nitrogen functional groups attached to an aromatic ring is 1. The molecule has 0 amide bonds. The van der Waals surface area contributed by atoms with Gasteiger partial charge >= 0.3 is 0 Å². The number of nitriles is 1. The van der Waals surface area contributed by atoms with Gasteiger partial charge in [-0.05, 0) is 12.1 Å². The molecule has 0 unspecified atom stereocenters. The van der Waals surface area contributed by atoms with Crippen molar-refractivity contribution >= 4 is 16.7 Å². The van der Waals surface area contributed by atoms with Gasteiger partial charge in [0.15, 0.2) is 0 Å². The van der Waals surface area contributed by atoms with Crippen LogP contribution in [-0.4, -0.2) is 9.55 Å². The Balaban J connectivity index is 2.38. The number of benzene rings is 1. The number of aromatic nitrogens is 2. The lowest BCUT2D eigenvalue weighted by Gasteiger charge is -2.04. The average molecular weight is 248 g/mol. The summed E-state index contributed by atoms with van der Waals surface area (Å²) in [6.07, 6.45) is 3.65. The molecule has 0 saturated heterocycles. The van der Waals surface area contributed by atoms with Crippen molar-refractivity contribution in [2.75, 3.05) is 5.73 Å². The Morgan fingerprint density at radius 2 is 2.00 bits per heavy atom. The van der Waals surface area contributed by atoms with Crippen LogP contribution in [0.5, 0.6) is 0 Å².